The number of ether oxygens (including phenoxy) is 1. The van der Waals surface area contributed by atoms with Gasteiger partial charge in [0.05, 0.1) is 30.5 Å². The molecule has 12 heteroatoms. The first-order valence-electron chi connectivity index (χ1n) is 11.7. The summed E-state index contributed by atoms with van der Waals surface area (Å²) in [5, 5.41) is 11.9. The predicted molar refractivity (Wildman–Crippen MR) is 138 cm³/mol. The summed E-state index contributed by atoms with van der Waals surface area (Å²) >= 11 is 1.49. The van der Waals surface area contributed by atoms with Gasteiger partial charge in [-0.2, -0.15) is 4.98 Å². The summed E-state index contributed by atoms with van der Waals surface area (Å²) in [5.74, 6) is 2.34. The Kier molecular flexibility index (Phi) is 6.90. The molecule has 0 aromatic carbocycles. The number of rotatable bonds is 3. The summed E-state index contributed by atoms with van der Waals surface area (Å²) in [6.07, 6.45) is 7.35. The molecule has 6 rings (SSSR count). The number of aryl methyl sites for hydroxylation is 1. The fourth-order valence-electron chi connectivity index (χ4n) is 4.11. The Labute approximate surface area is 211 Å². The van der Waals surface area contributed by atoms with E-state index in [1.165, 1.54) is 16.3 Å². The Morgan fingerprint density at radius 3 is 2.67 bits per heavy atom. The zero-order valence-corrected chi connectivity index (χ0v) is 20.5. The molecule has 3 aromatic heterocycles. The van der Waals surface area contributed by atoms with Crippen LogP contribution in [0.2, 0.25) is 0 Å². The number of nitrogens with two attached hydrogens (primary N) is 1. The molecule has 11 nitrogen and oxygen atoms in total. The molecule has 3 aromatic rings. The van der Waals surface area contributed by atoms with Gasteiger partial charge < -0.3 is 25.8 Å². The van der Waals surface area contributed by atoms with Crippen LogP contribution in [0.1, 0.15) is 34.8 Å². The minimum absolute atomic E-state index is 0.00767. The van der Waals surface area contributed by atoms with E-state index in [9.17, 15) is 9.59 Å². The molecular formula is C24H27N7O4S. The van der Waals surface area contributed by atoms with E-state index in [4.69, 9.17) is 15.6 Å². The topological polar surface area (TPSA) is 148 Å². The molecule has 1 saturated heterocycles. The van der Waals surface area contributed by atoms with Gasteiger partial charge in [0.2, 0.25) is 0 Å². The van der Waals surface area contributed by atoms with Crippen LogP contribution < -0.4 is 21.6 Å². The Hall–Kier alpha value is -3.48. The number of aliphatic hydroxyl groups excluding tert-OH is 1. The van der Waals surface area contributed by atoms with E-state index in [1.807, 2.05) is 19.1 Å². The molecule has 0 unspecified atom stereocenters. The van der Waals surface area contributed by atoms with Gasteiger partial charge in [0.25, 0.3) is 5.91 Å². The van der Waals surface area contributed by atoms with Gasteiger partial charge in [-0.1, -0.05) is 0 Å². The monoisotopic (exact) mass is 509 g/mol. The lowest BCUT2D eigenvalue weighted by atomic mass is 10.2. The highest BCUT2D eigenvalue weighted by Gasteiger charge is 2.37. The third kappa shape index (κ3) is 4.92. The number of amides is 1. The predicted octanol–water partition coefficient (Wildman–Crippen LogP) is 2.10. The second kappa shape index (κ2) is 10.2. The lowest BCUT2D eigenvalue weighted by molar-refractivity contribution is 0.0435. The summed E-state index contributed by atoms with van der Waals surface area (Å²) < 4.78 is 6.88. The number of carbonyl (C=O) groups excluding carboxylic acids is 1. The molecule has 5 heterocycles. The number of aliphatic hydroxyl groups is 1. The molecule has 0 bridgehead atoms. The normalized spacial score (nSPS) is 20.8. The summed E-state index contributed by atoms with van der Waals surface area (Å²) in [6, 6.07) is 7.45. The summed E-state index contributed by atoms with van der Waals surface area (Å²) in [4.78, 5) is 38.6. The number of thioether (sulfide) groups is 1. The van der Waals surface area contributed by atoms with Crippen LogP contribution in [-0.2, 0) is 4.74 Å². The molecule has 3 aliphatic rings. The third-order valence-electron chi connectivity index (χ3n) is 6.12. The number of hydrogen-bond donors (Lipinski definition) is 3. The minimum Gasteiger partial charge on any atom is -0.393 e. The molecule has 188 valence electrons. The van der Waals surface area contributed by atoms with Crippen molar-refractivity contribution in [2.45, 2.75) is 37.3 Å². The molecule has 36 heavy (non-hydrogen) atoms. The second-order valence-corrected chi connectivity index (χ2v) is 9.92. The molecule has 1 saturated carbocycles. The van der Waals surface area contributed by atoms with E-state index in [1.54, 1.807) is 30.7 Å². The van der Waals surface area contributed by atoms with Gasteiger partial charge in [0, 0.05) is 30.4 Å². The molecule has 2 aliphatic heterocycles. The second-order valence-electron chi connectivity index (χ2n) is 8.73. The Bertz CT molecular complexity index is 1320. The van der Waals surface area contributed by atoms with Crippen LogP contribution in [0.15, 0.2) is 47.7 Å². The number of anilines is 4. The van der Waals surface area contributed by atoms with Crippen LogP contribution in [0.25, 0.3) is 0 Å². The van der Waals surface area contributed by atoms with Gasteiger partial charge >= 0.3 is 5.69 Å². The summed E-state index contributed by atoms with van der Waals surface area (Å²) in [5.41, 5.74) is 7.27. The van der Waals surface area contributed by atoms with E-state index < -0.39 is 0 Å². The quantitative estimate of drug-likeness (QED) is 0.479. The highest BCUT2D eigenvalue weighted by molar-refractivity contribution is 7.99. The van der Waals surface area contributed by atoms with Crippen molar-refractivity contribution in [1.29, 1.82) is 0 Å². The van der Waals surface area contributed by atoms with Crippen molar-refractivity contribution in [1.82, 2.24) is 19.5 Å². The standard InChI is InChI=1S/C15H14N4O.C9H13N3O3S/c1-9-6-8-17-14-12(9)18-15(20)11-3-2-7-16-13(11)19(14)10-4-5-10;10-7-1-2-12(9(14)11-7)6-4-15-8(3-13)16-5-6/h2-3,6-8,10H,4-5H2,1H3,(H,18,20);1-2,6,8,13H,3-5H2,(H2,10,11,14)/t;6-,8+/m.0/s1. The Morgan fingerprint density at radius 2 is 1.97 bits per heavy atom. The fraction of sp³-hybridized carbons (Fsp3) is 0.375. The molecule has 2 fully saturated rings. The molecule has 0 spiro atoms. The number of fused-ring (bicyclic) bond motifs is 2. The van der Waals surface area contributed by atoms with E-state index in [-0.39, 0.29) is 35.5 Å². The first-order chi connectivity index (χ1) is 17.5. The Balaban J connectivity index is 0.000000152. The highest BCUT2D eigenvalue weighted by atomic mass is 32.2. The van der Waals surface area contributed by atoms with Crippen molar-refractivity contribution < 1.29 is 14.6 Å². The molecular weight excluding hydrogens is 482 g/mol. The Morgan fingerprint density at radius 1 is 1.17 bits per heavy atom. The van der Waals surface area contributed by atoms with Crippen molar-refractivity contribution in [2.24, 2.45) is 0 Å². The number of carbonyl (C=O) groups is 1. The molecule has 4 N–H and O–H groups in total. The largest absolute Gasteiger partial charge is 0.393 e. The van der Waals surface area contributed by atoms with Crippen LogP contribution in [0.5, 0.6) is 0 Å². The smallest absolute Gasteiger partial charge is 0.349 e. The van der Waals surface area contributed by atoms with Gasteiger partial charge in [-0.05, 0) is 49.6 Å². The number of nitrogens with zero attached hydrogens (tertiary/aromatic N) is 5. The maximum atomic E-state index is 12.4. The van der Waals surface area contributed by atoms with Gasteiger partial charge in [0.15, 0.2) is 5.82 Å². The number of hydrogen-bond acceptors (Lipinski definition) is 10. The van der Waals surface area contributed by atoms with E-state index in [0.29, 0.717) is 24.0 Å². The van der Waals surface area contributed by atoms with Crippen molar-refractivity contribution >= 4 is 40.8 Å². The lowest BCUT2D eigenvalue weighted by Gasteiger charge is -2.28. The zero-order valence-electron chi connectivity index (χ0n) is 19.7. The van der Waals surface area contributed by atoms with Crippen molar-refractivity contribution in [3.05, 3.63) is 64.5 Å². The number of pyridine rings is 2. The zero-order chi connectivity index (χ0) is 25.2. The minimum atomic E-state index is -0.364. The average Bonchev–Trinajstić information content (AvgIpc) is 3.73. The van der Waals surface area contributed by atoms with E-state index in [2.05, 4.69) is 25.2 Å². The number of nitrogens with one attached hydrogen (secondary N) is 1. The molecule has 1 aliphatic carbocycles. The van der Waals surface area contributed by atoms with E-state index >= 15 is 0 Å². The summed E-state index contributed by atoms with van der Waals surface area (Å²) in [6.45, 7) is 2.38. The highest BCUT2D eigenvalue weighted by Crippen LogP contribution is 2.43. The van der Waals surface area contributed by atoms with E-state index in [0.717, 1.165) is 35.7 Å². The van der Waals surface area contributed by atoms with Gasteiger partial charge in [0.1, 0.15) is 17.1 Å². The summed E-state index contributed by atoms with van der Waals surface area (Å²) in [7, 11) is 0. The average molecular weight is 510 g/mol. The van der Waals surface area contributed by atoms with Gasteiger partial charge in [-0.3, -0.25) is 9.36 Å². The van der Waals surface area contributed by atoms with Gasteiger partial charge in [-0.25, -0.2) is 14.8 Å². The molecule has 0 radical (unpaired) electrons. The molecule has 1 amide bonds. The number of nitrogen functional groups attached to an aromatic ring is 1. The molecule has 2 atom stereocenters. The maximum absolute atomic E-state index is 12.4. The first-order valence-corrected chi connectivity index (χ1v) is 12.7. The van der Waals surface area contributed by atoms with Crippen molar-refractivity contribution in [3.8, 4) is 0 Å². The van der Waals surface area contributed by atoms with Crippen LogP contribution in [0, 0.1) is 6.92 Å². The first kappa shape index (κ1) is 24.2. The van der Waals surface area contributed by atoms with Crippen LogP contribution in [0.3, 0.4) is 0 Å². The fourth-order valence-corrected chi connectivity index (χ4v) is 5.08. The van der Waals surface area contributed by atoms with Crippen molar-refractivity contribution in [3.63, 3.8) is 0 Å². The van der Waals surface area contributed by atoms with Crippen LogP contribution in [0.4, 0.5) is 23.1 Å². The maximum Gasteiger partial charge on any atom is 0.349 e. The number of aromatic nitrogens is 4. The SMILES string of the molecule is Cc1ccnc2c1NC(=O)c1cccnc1N2C1CC1.Nc1ccn([C@H]2CO[C@@H](CO)SC2)c(=O)n1. The van der Waals surface area contributed by atoms with Gasteiger partial charge in [-0.15, -0.1) is 11.8 Å². The van der Waals surface area contributed by atoms with Crippen LogP contribution >= 0.6 is 11.8 Å². The lowest BCUT2D eigenvalue weighted by Crippen LogP contribution is -2.35. The van der Waals surface area contributed by atoms with Crippen molar-refractivity contribution in [2.75, 3.05) is 34.9 Å². The third-order valence-corrected chi connectivity index (χ3v) is 7.35. The van der Waals surface area contributed by atoms with Crippen LogP contribution in [-0.4, -0.2) is 61.0 Å².